The minimum atomic E-state index is -0.790. The van der Waals surface area contributed by atoms with Gasteiger partial charge in [0.05, 0.1) is 0 Å². The molecule has 5 aliphatic carbocycles. The van der Waals surface area contributed by atoms with E-state index in [0.29, 0.717) is 40.4 Å². The summed E-state index contributed by atoms with van der Waals surface area (Å²) in [6, 6.07) is 0. The summed E-state index contributed by atoms with van der Waals surface area (Å²) >= 11 is 0. The molecule has 8 atom stereocenters. The van der Waals surface area contributed by atoms with Crippen molar-refractivity contribution in [2.45, 2.75) is 119 Å². The van der Waals surface area contributed by atoms with Crippen molar-refractivity contribution >= 4 is 5.78 Å². The first-order valence-corrected chi connectivity index (χ1v) is 13.5. The molecular formula is C30H48O2. The van der Waals surface area contributed by atoms with Gasteiger partial charge in [0, 0.05) is 11.8 Å². The Balaban J connectivity index is 1.58. The Labute approximate surface area is 197 Å². The maximum Gasteiger partial charge on any atom is 0.162 e. The summed E-state index contributed by atoms with van der Waals surface area (Å²) in [6.07, 6.45) is 12.8. The van der Waals surface area contributed by atoms with Gasteiger partial charge in [0.1, 0.15) is 6.10 Å². The zero-order valence-corrected chi connectivity index (χ0v) is 22.1. The molecule has 4 saturated carbocycles. The van der Waals surface area contributed by atoms with Crippen LogP contribution in [-0.4, -0.2) is 17.0 Å². The summed E-state index contributed by atoms with van der Waals surface area (Å²) in [5, 5.41) is 10.8. The number of hydrogen-bond donors (Lipinski definition) is 1. The van der Waals surface area contributed by atoms with Crippen LogP contribution in [0, 0.1) is 50.2 Å². The van der Waals surface area contributed by atoms with E-state index >= 15 is 0 Å². The molecule has 180 valence electrons. The van der Waals surface area contributed by atoms with E-state index in [4.69, 9.17) is 0 Å². The zero-order chi connectivity index (χ0) is 23.5. The largest absolute Gasteiger partial charge is 0.385 e. The van der Waals surface area contributed by atoms with Gasteiger partial charge in [0.2, 0.25) is 0 Å². The quantitative estimate of drug-likeness (QED) is 0.400. The van der Waals surface area contributed by atoms with Crippen LogP contribution < -0.4 is 0 Å². The number of hydrogen-bond acceptors (Lipinski definition) is 2. The van der Waals surface area contributed by atoms with E-state index in [2.05, 4.69) is 61.5 Å². The van der Waals surface area contributed by atoms with Crippen LogP contribution in [0.4, 0.5) is 0 Å². The molecule has 0 heterocycles. The second-order valence-corrected chi connectivity index (χ2v) is 15.1. The van der Waals surface area contributed by atoms with E-state index in [1.807, 2.05) is 0 Å². The molecule has 1 N–H and O–H groups in total. The molecule has 4 fully saturated rings. The van der Waals surface area contributed by atoms with Crippen LogP contribution in [0.25, 0.3) is 0 Å². The van der Waals surface area contributed by atoms with Gasteiger partial charge < -0.3 is 5.11 Å². The lowest BCUT2D eigenvalue weighted by Gasteiger charge is -2.72. The van der Waals surface area contributed by atoms with Crippen LogP contribution in [0.5, 0.6) is 0 Å². The van der Waals surface area contributed by atoms with Crippen LogP contribution in [0.3, 0.4) is 0 Å². The van der Waals surface area contributed by atoms with E-state index in [0.717, 1.165) is 6.42 Å². The first kappa shape index (κ1) is 23.1. The number of aliphatic hydroxyl groups excluding tert-OH is 1. The fourth-order valence-electron chi connectivity index (χ4n) is 10.5. The van der Waals surface area contributed by atoms with Crippen molar-refractivity contribution in [2.75, 3.05) is 0 Å². The van der Waals surface area contributed by atoms with Crippen molar-refractivity contribution in [3.8, 4) is 0 Å². The Morgan fingerprint density at radius 2 is 1.44 bits per heavy atom. The molecular weight excluding hydrogens is 392 g/mol. The fraction of sp³-hybridized carbons (Fsp3) is 0.900. The zero-order valence-electron chi connectivity index (χ0n) is 22.1. The first-order chi connectivity index (χ1) is 14.6. The highest BCUT2D eigenvalue weighted by atomic mass is 16.3. The molecule has 5 rings (SSSR count). The standard InChI is InChI=1S/C30H48O2/c1-25(2)13-14-27(5)15-16-29(7)19(20(27)17-25)9-10-23-28(6)18-21(31)24(32)26(3,4)22(28)11-12-30(23,29)8/h17,19,22-24,32H,9-16,18H2,1-8H3/t19-,22?,23-,24?,27-,28+,29-,30-/m1/s1. The summed E-state index contributed by atoms with van der Waals surface area (Å²) < 4.78 is 0. The maximum atomic E-state index is 13.1. The van der Waals surface area contributed by atoms with Gasteiger partial charge in [-0.15, -0.1) is 0 Å². The topological polar surface area (TPSA) is 37.3 Å². The van der Waals surface area contributed by atoms with Gasteiger partial charge in [0.25, 0.3) is 0 Å². The monoisotopic (exact) mass is 440 g/mol. The average molecular weight is 441 g/mol. The van der Waals surface area contributed by atoms with Crippen LogP contribution in [0.15, 0.2) is 11.6 Å². The lowest BCUT2D eigenvalue weighted by atomic mass is 9.32. The highest BCUT2D eigenvalue weighted by Crippen LogP contribution is 2.76. The predicted molar refractivity (Wildman–Crippen MR) is 131 cm³/mol. The molecule has 32 heavy (non-hydrogen) atoms. The summed E-state index contributed by atoms with van der Waals surface area (Å²) in [7, 11) is 0. The second-order valence-electron chi connectivity index (χ2n) is 15.1. The van der Waals surface area contributed by atoms with E-state index in [-0.39, 0.29) is 22.0 Å². The Bertz CT molecular complexity index is 866. The van der Waals surface area contributed by atoms with E-state index < -0.39 is 6.10 Å². The number of Topliss-reactive ketones (excluding diaryl/α,β-unsaturated/α-hetero) is 1. The van der Waals surface area contributed by atoms with Crippen molar-refractivity contribution in [1.82, 2.24) is 0 Å². The van der Waals surface area contributed by atoms with Crippen molar-refractivity contribution in [1.29, 1.82) is 0 Å². The van der Waals surface area contributed by atoms with Gasteiger partial charge in [0.15, 0.2) is 5.78 Å². The summed E-state index contributed by atoms with van der Waals surface area (Å²) in [5.74, 6) is 1.80. The number of aliphatic hydroxyl groups is 1. The van der Waals surface area contributed by atoms with Crippen LogP contribution >= 0.6 is 0 Å². The number of fused-ring (bicyclic) bond motifs is 7. The van der Waals surface area contributed by atoms with Gasteiger partial charge >= 0.3 is 0 Å². The van der Waals surface area contributed by atoms with Gasteiger partial charge in [-0.2, -0.15) is 0 Å². The molecule has 2 unspecified atom stereocenters. The minimum absolute atomic E-state index is 0.0156. The van der Waals surface area contributed by atoms with Crippen LogP contribution in [0.2, 0.25) is 0 Å². The number of carbonyl (C=O) groups is 1. The van der Waals surface area contributed by atoms with Gasteiger partial charge in [-0.3, -0.25) is 4.79 Å². The summed E-state index contributed by atoms with van der Waals surface area (Å²) in [5.41, 5.74) is 2.80. The molecule has 0 saturated heterocycles. The smallest absolute Gasteiger partial charge is 0.162 e. The molecule has 0 aromatic heterocycles. The Hall–Kier alpha value is -0.630. The molecule has 0 aromatic carbocycles. The molecule has 0 bridgehead atoms. The normalized spacial score (nSPS) is 53.9. The average Bonchev–Trinajstić information content (AvgIpc) is 2.68. The third-order valence-electron chi connectivity index (χ3n) is 12.7. The molecule has 5 aliphatic rings. The SMILES string of the molecule is CC1(C)C=C2[C@H]3CC[C@@H]4[C@@]5(C)CC(=O)C(O)C(C)(C)C5CC[C@@]4(C)[C@]3(C)CC[C@@]2(C)CC1. The summed E-state index contributed by atoms with van der Waals surface area (Å²) in [6.45, 7) is 19.4. The Morgan fingerprint density at radius 1 is 0.781 bits per heavy atom. The number of allylic oxidation sites excluding steroid dienone is 2. The molecule has 0 aliphatic heterocycles. The van der Waals surface area contributed by atoms with E-state index in [1.165, 1.54) is 44.9 Å². The lowest BCUT2D eigenvalue weighted by molar-refractivity contribution is -0.224. The van der Waals surface area contributed by atoms with Gasteiger partial charge in [-0.05, 0) is 96.2 Å². The van der Waals surface area contributed by atoms with Gasteiger partial charge in [-0.1, -0.05) is 67.0 Å². The van der Waals surface area contributed by atoms with Crippen molar-refractivity contribution in [3.05, 3.63) is 11.6 Å². The van der Waals surface area contributed by atoms with Crippen molar-refractivity contribution in [3.63, 3.8) is 0 Å². The molecule has 0 radical (unpaired) electrons. The van der Waals surface area contributed by atoms with Crippen LogP contribution in [0.1, 0.15) is 113 Å². The second kappa shape index (κ2) is 6.52. The fourth-order valence-corrected chi connectivity index (χ4v) is 10.5. The molecule has 2 nitrogen and oxygen atoms in total. The van der Waals surface area contributed by atoms with E-state index in [1.54, 1.807) is 5.57 Å². The van der Waals surface area contributed by atoms with E-state index in [9.17, 15) is 9.90 Å². The van der Waals surface area contributed by atoms with Crippen molar-refractivity contribution < 1.29 is 9.90 Å². The lowest BCUT2D eigenvalue weighted by Crippen LogP contribution is -2.67. The van der Waals surface area contributed by atoms with Crippen LogP contribution in [-0.2, 0) is 4.79 Å². The highest BCUT2D eigenvalue weighted by molar-refractivity contribution is 5.85. The first-order valence-electron chi connectivity index (χ1n) is 13.5. The number of rotatable bonds is 0. The minimum Gasteiger partial charge on any atom is -0.385 e. The van der Waals surface area contributed by atoms with Gasteiger partial charge in [-0.25, -0.2) is 0 Å². The summed E-state index contributed by atoms with van der Waals surface area (Å²) in [4.78, 5) is 13.1. The number of carbonyl (C=O) groups excluding carboxylic acids is 1. The molecule has 2 heteroatoms. The third-order valence-corrected chi connectivity index (χ3v) is 12.7. The number of ketones is 1. The Morgan fingerprint density at radius 3 is 2.12 bits per heavy atom. The predicted octanol–water partition coefficient (Wildman–Crippen LogP) is 7.35. The molecule has 0 aromatic rings. The van der Waals surface area contributed by atoms with Crippen molar-refractivity contribution in [2.24, 2.45) is 50.2 Å². The highest BCUT2D eigenvalue weighted by Gasteiger charge is 2.69. The third kappa shape index (κ3) is 2.71. The molecule has 0 amide bonds. The Kier molecular flexibility index (Phi) is 4.71. The maximum absolute atomic E-state index is 13.1. The molecule has 0 spiro atoms.